The molecule has 1 aliphatic carbocycles. The Morgan fingerprint density at radius 1 is 0.839 bits per heavy atom. The van der Waals surface area contributed by atoms with E-state index in [2.05, 4.69) is 97.9 Å². The first-order chi connectivity index (χ1) is 13.8. The Bertz CT molecular complexity index is 1160. The average molecular weight is 524 g/mol. The van der Waals surface area contributed by atoms with Crippen LogP contribution in [0.2, 0.25) is 0 Å². The van der Waals surface area contributed by atoms with Gasteiger partial charge in [-0.2, -0.15) is 6.07 Å². The number of allylic oxidation sites excluding steroid dienone is 1. The van der Waals surface area contributed by atoms with Crippen molar-refractivity contribution >= 4 is 16.8 Å². The van der Waals surface area contributed by atoms with Crippen LogP contribution in [0.1, 0.15) is 48.8 Å². The van der Waals surface area contributed by atoms with E-state index in [-0.39, 0.29) is 51.0 Å². The molecule has 4 aromatic carbocycles. The molecular formula is C28H25Cl2Zr. The van der Waals surface area contributed by atoms with E-state index in [1.807, 2.05) is 0 Å². The molecule has 1 aliphatic rings. The summed E-state index contributed by atoms with van der Waals surface area (Å²) in [4.78, 5) is 0. The molecule has 0 bridgehead atoms. The van der Waals surface area contributed by atoms with E-state index < -0.39 is 0 Å². The van der Waals surface area contributed by atoms with Crippen LogP contribution in [0.5, 0.6) is 0 Å². The Kier molecular flexibility index (Phi) is 9.44. The maximum absolute atomic E-state index is 2.44. The number of fused-ring (bicyclic) bond motifs is 2. The molecule has 3 heteroatoms. The van der Waals surface area contributed by atoms with Crippen LogP contribution < -0.4 is 24.8 Å². The fraction of sp³-hybridized carbons (Fsp3) is 0.179. The number of hydrogen-bond acceptors (Lipinski definition) is 0. The summed E-state index contributed by atoms with van der Waals surface area (Å²) >= 11 is 0. The summed E-state index contributed by atoms with van der Waals surface area (Å²) in [5.74, 6) is 0.402. The fourth-order valence-corrected chi connectivity index (χ4v) is 4.67. The molecule has 0 aromatic heterocycles. The number of hydrogen-bond donors (Lipinski definition) is 0. The molecule has 0 amide bonds. The van der Waals surface area contributed by atoms with Crippen LogP contribution in [0, 0.1) is 0 Å². The number of benzene rings is 3. The summed E-state index contributed by atoms with van der Waals surface area (Å²) in [6.07, 6.45) is 6.11. The van der Waals surface area contributed by atoms with E-state index in [4.69, 9.17) is 0 Å². The minimum atomic E-state index is 0. The molecule has 0 heterocycles. The van der Waals surface area contributed by atoms with Gasteiger partial charge in [0.05, 0.1) is 0 Å². The summed E-state index contributed by atoms with van der Waals surface area (Å²) in [7, 11) is 0. The first-order valence-electron chi connectivity index (χ1n) is 10.4. The smallest absolute Gasteiger partial charge is 1.00 e. The Hall–Kier alpha value is -1.53. The van der Waals surface area contributed by atoms with Crippen molar-refractivity contribution in [3.8, 4) is 11.1 Å². The third kappa shape index (κ3) is 4.95. The third-order valence-corrected chi connectivity index (χ3v) is 6.03. The van der Waals surface area contributed by atoms with Gasteiger partial charge >= 0.3 is 26.2 Å². The van der Waals surface area contributed by atoms with E-state index in [0.29, 0.717) is 5.92 Å². The Balaban J connectivity index is 0.00000114. The second kappa shape index (κ2) is 11.4. The molecule has 1 radical (unpaired) electrons. The van der Waals surface area contributed by atoms with Gasteiger partial charge in [-0.3, -0.25) is 0 Å². The zero-order valence-corrected chi connectivity index (χ0v) is 21.6. The van der Waals surface area contributed by atoms with Gasteiger partial charge in [0, 0.05) is 5.92 Å². The quantitative estimate of drug-likeness (QED) is 0.351. The van der Waals surface area contributed by atoms with Crippen molar-refractivity contribution in [2.45, 2.75) is 32.1 Å². The number of rotatable bonds is 5. The van der Waals surface area contributed by atoms with E-state index in [1.54, 1.807) is 5.57 Å². The van der Waals surface area contributed by atoms with Gasteiger partial charge < -0.3 is 24.8 Å². The van der Waals surface area contributed by atoms with E-state index >= 15 is 0 Å². The first-order valence-corrected chi connectivity index (χ1v) is 10.4. The fourth-order valence-electron chi connectivity index (χ4n) is 4.67. The predicted molar refractivity (Wildman–Crippen MR) is 121 cm³/mol. The summed E-state index contributed by atoms with van der Waals surface area (Å²) < 4.78 is 0. The maximum atomic E-state index is 2.44. The van der Waals surface area contributed by atoms with Gasteiger partial charge in [-0.1, -0.05) is 91.2 Å². The van der Waals surface area contributed by atoms with Gasteiger partial charge in [-0.15, -0.1) is 34.5 Å². The van der Waals surface area contributed by atoms with Gasteiger partial charge in [0.1, 0.15) is 0 Å². The molecule has 1 atom stereocenters. The number of halogens is 2. The molecule has 0 nitrogen and oxygen atoms in total. The van der Waals surface area contributed by atoms with Crippen LogP contribution in [0.15, 0.2) is 90.5 Å². The molecule has 31 heavy (non-hydrogen) atoms. The van der Waals surface area contributed by atoms with Crippen molar-refractivity contribution in [1.82, 2.24) is 0 Å². The molecule has 0 aliphatic heterocycles. The SMILES string of the molecule is CCCCC1=Cc2ccccc2C1c1cc2c(-c3ccccc3)cccc2[cH-]1.[Cl-].[Cl-].[Zr+3]. The molecule has 0 saturated carbocycles. The molecule has 5 rings (SSSR count). The van der Waals surface area contributed by atoms with Crippen LogP contribution in [-0.4, -0.2) is 0 Å². The second-order valence-corrected chi connectivity index (χ2v) is 7.85. The molecule has 0 spiro atoms. The normalized spacial score (nSPS) is 14.1. The minimum Gasteiger partial charge on any atom is -1.00 e. The molecular weight excluding hydrogens is 498 g/mol. The largest absolute Gasteiger partial charge is 3.00 e. The van der Waals surface area contributed by atoms with Crippen LogP contribution >= 0.6 is 0 Å². The van der Waals surface area contributed by atoms with Crippen LogP contribution in [0.4, 0.5) is 0 Å². The van der Waals surface area contributed by atoms with Crippen molar-refractivity contribution in [2.24, 2.45) is 0 Å². The minimum absolute atomic E-state index is 0. The van der Waals surface area contributed by atoms with Gasteiger partial charge in [-0.25, -0.2) is 0 Å². The van der Waals surface area contributed by atoms with E-state index in [9.17, 15) is 0 Å². The van der Waals surface area contributed by atoms with Gasteiger partial charge in [0.15, 0.2) is 0 Å². The zero-order chi connectivity index (χ0) is 18.9. The van der Waals surface area contributed by atoms with E-state index in [0.717, 1.165) is 0 Å². The van der Waals surface area contributed by atoms with Crippen LogP contribution in [0.25, 0.3) is 28.0 Å². The molecule has 4 aromatic rings. The third-order valence-electron chi connectivity index (χ3n) is 6.03. The van der Waals surface area contributed by atoms with Crippen molar-refractivity contribution in [3.05, 3.63) is 107 Å². The van der Waals surface area contributed by atoms with Gasteiger partial charge in [0.2, 0.25) is 0 Å². The monoisotopic (exact) mass is 521 g/mol. The summed E-state index contributed by atoms with van der Waals surface area (Å²) in [5.41, 5.74) is 8.48. The average Bonchev–Trinajstić information content (AvgIpc) is 3.33. The summed E-state index contributed by atoms with van der Waals surface area (Å²) in [6, 6.07) is 31.2. The number of unbranched alkanes of at least 4 members (excludes halogenated alkanes) is 1. The van der Waals surface area contributed by atoms with Gasteiger partial charge in [-0.05, 0) is 29.5 Å². The summed E-state index contributed by atoms with van der Waals surface area (Å²) in [5, 5.41) is 2.71. The van der Waals surface area contributed by atoms with Crippen molar-refractivity contribution in [2.75, 3.05) is 0 Å². The van der Waals surface area contributed by atoms with Gasteiger partial charge in [0.25, 0.3) is 0 Å². The van der Waals surface area contributed by atoms with Crippen molar-refractivity contribution < 1.29 is 51.0 Å². The maximum Gasteiger partial charge on any atom is 3.00 e. The summed E-state index contributed by atoms with van der Waals surface area (Å²) in [6.45, 7) is 2.28. The van der Waals surface area contributed by atoms with Crippen molar-refractivity contribution in [3.63, 3.8) is 0 Å². The molecule has 0 N–H and O–H groups in total. The predicted octanol–water partition coefficient (Wildman–Crippen LogP) is 1.95. The van der Waals surface area contributed by atoms with Crippen LogP contribution in [0.3, 0.4) is 0 Å². The second-order valence-electron chi connectivity index (χ2n) is 7.85. The standard InChI is InChI=1S/C28H25.2ClH.Zr/c1-2-3-10-23-17-21-13-7-8-15-26(21)28(23)24-18-22-14-9-16-25(27(22)19-24)20-11-5-4-6-12-20;;;/h4-9,11-19,28H,2-3,10H2,1H3;2*1H;/q-1;;;+3/p-2. The van der Waals surface area contributed by atoms with Crippen LogP contribution in [-0.2, 0) is 26.2 Å². The Morgan fingerprint density at radius 3 is 2.35 bits per heavy atom. The first kappa shape index (κ1) is 25.7. The topological polar surface area (TPSA) is 0 Å². The molecule has 1 unspecified atom stereocenters. The molecule has 155 valence electrons. The van der Waals surface area contributed by atoms with Crippen molar-refractivity contribution in [1.29, 1.82) is 0 Å². The molecule has 0 fully saturated rings. The molecule has 0 saturated heterocycles. The zero-order valence-electron chi connectivity index (χ0n) is 17.6. The van der Waals surface area contributed by atoms with E-state index in [1.165, 1.54) is 57.9 Å². The Labute approximate surface area is 217 Å². The Morgan fingerprint density at radius 2 is 1.58 bits per heavy atom.